The summed E-state index contributed by atoms with van der Waals surface area (Å²) in [4.78, 5) is 0. The van der Waals surface area contributed by atoms with Gasteiger partial charge in [0.25, 0.3) is 0 Å². The first-order valence-corrected chi connectivity index (χ1v) is 4.86. The van der Waals surface area contributed by atoms with E-state index in [1.165, 1.54) is 16.7 Å². The normalized spacial score (nSPS) is 24.9. The second kappa shape index (κ2) is 2.99. The quantitative estimate of drug-likeness (QED) is 0.672. The zero-order valence-corrected chi connectivity index (χ0v) is 9.18. The Hall–Kier alpha value is -1.02. The molecule has 0 aliphatic carbocycles. The third-order valence-electron chi connectivity index (χ3n) is 2.85. The van der Waals surface area contributed by atoms with Crippen LogP contribution in [0.1, 0.15) is 23.6 Å². The van der Waals surface area contributed by atoms with E-state index in [0.29, 0.717) is 0 Å². The Balaban J connectivity index is 2.50. The van der Waals surface area contributed by atoms with Crippen molar-refractivity contribution in [1.82, 2.24) is 0 Å². The molecule has 0 radical (unpaired) electrons. The van der Waals surface area contributed by atoms with Crippen molar-refractivity contribution in [2.75, 3.05) is 13.7 Å². The Morgan fingerprint density at radius 3 is 2.14 bits per heavy atom. The van der Waals surface area contributed by atoms with E-state index in [2.05, 4.69) is 32.9 Å². The molecule has 1 heterocycles. The SMILES string of the molecule is COc1cc(C)c(C2(C)CO2)c(C)c1. The van der Waals surface area contributed by atoms with Crippen LogP contribution in [0.2, 0.25) is 0 Å². The molecule has 1 aliphatic heterocycles. The molecule has 0 saturated carbocycles. The number of hydrogen-bond acceptors (Lipinski definition) is 2. The van der Waals surface area contributed by atoms with Crippen LogP contribution in [-0.2, 0) is 10.3 Å². The number of ether oxygens (including phenoxy) is 2. The van der Waals surface area contributed by atoms with Crippen molar-refractivity contribution in [1.29, 1.82) is 0 Å². The van der Waals surface area contributed by atoms with Gasteiger partial charge in [0.05, 0.1) is 13.7 Å². The second-order valence-electron chi connectivity index (χ2n) is 4.16. The first-order chi connectivity index (χ1) is 6.57. The number of methoxy groups -OCH3 is 1. The Morgan fingerprint density at radius 2 is 1.79 bits per heavy atom. The van der Waals surface area contributed by atoms with Crippen molar-refractivity contribution in [3.8, 4) is 5.75 Å². The first kappa shape index (κ1) is 9.53. The third-order valence-corrected chi connectivity index (χ3v) is 2.85. The maximum absolute atomic E-state index is 5.48. The highest BCUT2D eigenvalue weighted by molar-refractivity contribution is 5.45. The molecule has 2 nitrogen and oxygen atoms in total. The summed E-state index contributed by atoms with van der Waals surface area (Å²) < 4.78 is 10.7. The highest BCUT2D eigenvalue weighted by Crippen LogP contribution is 2.42. The molecule has 0 amide bonds. The third kappa shape index (κ3) is 1.40. The fourth-order valence-electron chi connectivity index (χ4n) is 2.13. The van der Waals surface area contributed by atoms with E-state index >= 15 is 0 Å². The van der Waals surface area contributed by atoms with Crippen LogP contribution in [0.5, 0.6) is 5.75 Å². The van der Waals surface area contributed by atoms with Crippen LogP contribution < -0.4 is 4.74 Å². The number of benzene rings is 1. The van der Waals surface area contributed by atoms with Gasteiger partial charge in [0, 0.05) is 0 Å². The minimum atomic E-state index is -0.0412. The highest BCUT2D eigenvalue weighted by atomic mass is 16.6. The lowest BCUT2D eigenvalue weighted by atomic mass is 9.92. The van der Waals surface area contributed by atoms with Crippen LogP contribution in [0.25, 0.3) is 0 Å². The van der Waals surface area contributed by atoms with E-state index in [0.717, 1.165) is 12.4 Å². The number of aryl methyl sites for hydroxylation is 2. The lowest BCUT2D eigenvalue weighted by Gasteiger charge is -2.15. The fourth-order valence-corrected chi connectivity index (χ4v) is 2.13. The summed E-state index contributed by atoms with van der Waals surface area (Å²) in [5, 5.41) is 0. The Kier molecular flexibility index (Phi) is 2.04. The number of epoxide rings is 1. The molecule has 0 bridgehead atoms. The molecule has 1 aromatic rings. The van der Waals surface area contributed by atoms with Crippen molar-refractivity contribution >= 4 is 0 Å². The van der Waals surface area contributed by atoms with Crippen LogP contribution in [0, 0.1) is 13.8 Å². The number of hydrogen-bond donors (Lipinski definition) is 0. The zero-order valence-electron chi connectivity index (χ0n) is 9.18. The van der Waals surface area contributed by atoms with Gasteiger partial charge in [0.2, 0.25) is 0 Å². The van der Waals surface area contributed by atoms with Crippen molar-refractivity contribution in [2.45, 2.75) is 26.4 Å². The molecule has 0 N–H and O–H groups in total. The summed E-state index contributed by atoms with van der Waals surface area (Å²) in [5.41, 5.74) is 3.78. The maximum Gasteiger partial charge on any atom is 0.119 e. The average Bonchev–Trinajstić information content (AvgIpc) is 2.82. The van der Waals surface area contributed by atoms with Gasteiger partial charge in [-0.05, 0) is 49.6 Å². The monoisotopic (exact) mass is 192 g/mol. The van der Waals surface area contributed by atoms with Gasteiger partial charge in [-0.3, -0.25) is 0 Å². The van der Waals surface area contributed by atoms with Crippen LogP contribution >= 0.6 is 0 Å². The van der Waals surface area contributed by atoms with Crippen LogP contribution in [-0.4, -0.2) is 13.7 Å². The predicted octanol–water partition coefficient (Wildman–Crippen LogP) is 2.56. The largest absolute Gasteiger partial charge is 0.497 e. The number of rotatable bonds is 2. The maximum atomic E-state index is 5.48. The highest BCUT2D eigenvalue weighted by Gasteiger charge is 2.43. The first-order valence-electron chi connectivity index (χ1n) is 4.86. The molecule has 2 rings (SSSR count). The molecule has 1 unspecified atom stereocenters. The minimum Gasteiger partial charge on any atom is -0.497 e. The smallest absolute Gasteiger partial charge is 0.119 e. The molecule has 1 aromatic carbocycles. The van der Waals surface area contributed by atoms with Gasteiger partial charge < -0.3 is 9.47 Å². The molecule has 2 heteroatoms. The van der Waals surface area contributed by atoms with Gasteiger partial charge >= 0.3 is 0 Å². The van der Waals surface area contributed by atoms with Gasteiger partial charge in [-0.25, -0.2) is 0 Å². The van der Waals surface area contributed by atoms with Crippen LogP contribution in [0.15, 0.2) is 12.1 Å². The van der Waals surface area contributed by atoms with E-state index < -0.39 is 0 Å². The molecule has 0 aromatic heterocycles. The molecule has 1 saturated heterocycles. The standard InChI is InChI=1S/C12H16O2/c1-8-5-10(13-4)6-9(2)11(8)12(3)7-14-12/h5-6H,7H2,1-4H3. The van der Waals surface area contributed by atoms with Gasteiger partial charge in [-0.2, -0.15) is 0 Å². The molecular weight excluding hydrogens is 176 g/mol. The summed E-state index contributed by atoms with van der Waals surface area (Å²) in [6.45, 7) is 7.19. The lowest BCUT2D eigenvalue weighted by molar-refractivity contribution is 0.327. The molecule has 1 aliphatic rings. The Bertz CT molecular complexity index is 342. The van der Waals surface area contributed by atoms with Gasteiger partial charge in [0.15, 0.2) is 0 Å². The van der Waals surface area contributed by atoms with E-state index in [1.54, 1.807) is 7.11 Å². The summed E-state index contributed by atoms with van der Waals surface area (Å²) in [7, 11) is 1.70. The van der Waals surface area contributed by atoms with Gasteiger partial charge in [0.1, 0.15) is 11.4 Å². The van der Waals surface area contributed by atoms with Gasteiger partial charge in [-0.1, -0.05) is 0 Å². The molecule has 14 heavy (non-hydrogen) atoms. The summed E-state index contributed by atoms with van der Waals surface area (Å²) in [5.74, 6) is 0.924. The topological polar surface area (TPSA) is 21.8 Å². The molecule has 1 atom stereocenters. The molecule has 76 valence electrons. The van der Waals surface area contributed by atoms with Crippen LogP contribution in [0.3, 0.4) is 0 Å². The zero-order chi connectivity index (χ0) is 10.3. The summed E-state index contributed by atoms with van der Waals surface area (Å²) >= 11 is 0. The second-order valence-corrected chi connectivity index (χ2v) is 4.16. The average molecular weight is 192 g/mol. The predicted molar refractivity (Wildman–Crippen MR) is 55.8 cm³/mol. The molecule has 0 spiro atoms. The Morgan fingerprint density at radius 1 is 1.29 bits per heavy atom. The van der Waals surface area contributed by atoms with Crippen molar-refractivity contribution in [3.05, 3.63) is 28.8 Å². The van der Waals surface area contributed by atoms with E-state index in [1.807, 2.05) is 0 Å². The molecule has 1 fully saturated rings. The lowest BCUT2D eigenvalue weighted by Crippen LogP contribution is -2.07. The van der Waals surface area contributed by atoms with E-state index in [9.17, 15) is 0 Å². The summed E-state index contributed by atoms with van der Waals surface area (Å²) in [6, 6.07) is 4.13. The van der Waals surface area contributed by atoms with E-state index in [-0.39, 0.29) is 5.60 Å². The van der Waals surface area contributed by atoms with E-state index in [4.69, 9.17) is 9.47 Å². The van der Waals surface area contributed by atoms with Crippen molar-refractivity contribution < 1.29 is 9.47 Å². The van der Waals surface area contributed by atoms with Crippen molar-refractivity contribution in [3.63, 3.8) is 0 Å². The summed E-state index contributed by atoms with van der Waals surface area (Å²) in [6.07, 6.45) is 0. The molecular formula is C12H16O2. The van der Waals surface area contributed by atoms with Crippen LogP contribution in [0.4, 0.5) is 0 Å². The fraction of sp³-hybridized carbons (Fsp3) is 0.500. The minimum absolute atomic E-state index is 0.0412. The van der Waals surface area contributed by atoms with Gasteiger partial charge in [-0.15, -0.1) is 0 Å². The van der Waals surface area contributed by atoms with Crippen molar-refractivity contribution in [2.24, 2.45) is 0 Å². The Labute approximate surface area is 84.8 Å².